The second-order valence-electron chi connectivity index (χ2n) is 7.87. The maximum atomic E-state index is 11.9. The lowest BCUT2D eigenvalue weighted by Crippen LogP contribution is -2.52. The van der Waals surface area contributed by atoms with E-state index in [-0.39, 0.29) is 11.9 Å². The lowest BCUT2D eigenvalue weighted by Gasteiger charge is -2.42. The number of carbonyl (C=O) groups is 2. The zero-order valence-electron chi connectivity index (χ0n) is 16.2. The summed E-state index contributed by atoms with van der Waals surface area (Å²) in [7, 11) is 2.20. The van der Waals surface area contributed by atoms with Crippen molar-refractivity contribution in [1.29, 1.82) is 0 Å². The molecule has 3 rings (SSSR count). The van der Waals surface area contributed by atoms with Gasteiger partial charge in [-0.3, -0.25) is 14.5 Å². The number of ether oxygens (including phenoxy) is 1. The van der Waals surface area contributed by atoms with E-state index in [1.165, 1.54) is 39.0 Å². The predicted molar refractivity (Wildman–Crippen MR) is 99.9 cm³/mol. The van der Waals surface area contributed by atoms with Crippen molar-refractivity contribution in [3.8, 4) is 0 Å². The maximum absolute atomic E-state index is 11.9. The van der Waals surface area contributed by atoms with Crippen molar-refractivity contribution in [2.24, 2.45) is 0 Å². The second kappa shape index (κ2) is 9.67. The van der Waals surface area contributed by atoms with Gasteiger partial charge in [-0.15, -0.1) is 0 Å². The van der Waals surface area contributed by atoms with Crippen LogP contribution < -0.4 is 0 Å². The minimum Gasteiger partial charge on any atom is -0.464 e. The second-order valence-corrected chi connectivity index (χ2v) is 7.87. The summed E-state index contributed by atoms with van der Waals surface area (Å²) in [4.78, 5) is 32.6. The monoisotopic (exact) mass is 366 g/mol. The summed E-state index contributed by atoms with van der Waals surface area (Å²) < 4.78 is 5.30. The third-order valence-corrected chi connectivity index (χ3v) is 6.04. The molecule has 0 atom stereocenters. The first-order valence-corrected chi connectivity index (χ1v) is 10.2. The van der Waals surface area contributed by atoms with Crippen molar-refractivity contribution in [1.82, 2.24) is 19.6 Å². The summed E-state index contributed by atoms with van der Waals surface area (Å²) in [5, 5.41) is 0. The Hall–Kier alpha value is -1.18. The number of esters is 1. The number of likely N-dealkylation sites (tertiary alicyclic amines) is 2. The molecular formula is C19H34N4O3. The molecule has 0 aliphatic carbocycles. The molecule has 0 N–H and O–H groups in total. The van der Waals surface area contributed by atoms with Gasteiger partial charge in [0.25, 0.3) is 0 Å². The molecule has 0 bridgehead atoms. The van der Waals surface area contributed by atoms with Gasteiger partial charge < -0.3 is 19.4 Å². The molecule has 148 valence electrons. The number of amides is 1. The van der Waals surface area contributed by atoms with Crippen LogP contribution in [-0.4, -0.2) is 110 Å². The Labute approximate surface area is 157 Å². The lowest BCUT2D eigenvalue weighted by molar-refractivity contribution is -0.145. The Bertz CT molecular complexity index is 471. The summed E-state index contributed by atoms with van der Waals surface area (Å²) in [5.41, 5.74) is 0. The van der Waals surface area contributed by atoms with E-state index in [1.807, 2.05) is 0 Å². The van der Waals surface area contributed by atoms with Gasteiger partial charge in [-0.05, 0) is 39.4 Å². The molecule has 0 radical (unpaired) electrons. The molecule has 0 unspecified atom stereocenters. The molecule has 3 fully saturated rings. The van der Waals surface area contributed by atoms with Gasteiger partial charge in [-0.1, -0.05) is 0 Å². The number of piperidine rings is 1. The highest BCUT2D eigenvalue weighted by Crippen LogP contribution is 2.18. The van der Waals surface area contributed by atoms with E-state index >= 15 is 0 Å². The highest BCUT2D eigenvalue weighted by atomic mass is 16.5. The van der Waals surface area contributed by atoms with E-state index < -0.39 is 0 Å². The van der Waals surface area contributed by atoms with Crippen molar-refractivity contribution >= 4 is 11.9 Å². The largest absolute Gasteiger partial charge is 0.464 e. The van der Waals surface area contributed by atoms with Gasteiger partial charge in [0, 0.05) is 51.7 Å². The molecule has 7 heteroatoms. The van der Waals surface area contributed by atoms with Crippen LogP contribution in [0.15, 0.2) is 0 Å². The van der Waals surface area contributed by atoms with Gasteiger partial charge in [0.05, 0.1) is 13.0 Å². The first-order chi connectivity index (χ1) is 12.6. The first kappa shape index (κ1) is 19.6. The summed E-state index contributed by atoms with van der Waals surface area (Å²) in [5.74, 6) is 0.0436. The molecular weight excluding hydrogens is 332 g/mol. The van der Waals surface area contributed by atoms with Gasteiger partial charge in [-0.25, -0.2) is 0 Å². The Kier molecular flexibility index (Phi) is 7.28. The number of rotatable bonds is 7. The minimum absolute atomic E-state index is 0.141. The molecule has 3 heterocycles. The molecule has 3 aliphatic rings. The van der Waals surface area contributed by atoms with Crippen LogP contribution in [0.1, 0.15) is 32.1 Å². The van der Waals surface area contributed by atoms with Crippen molar-refractivity contribution in [2.75, 3.05) is 72.6 Å². The highest BCUT2D eigenvalue weighted by molar-refractivity contribution is 5.78. The molecule has 0 aromatic heterocycles. The van der Waals surface area contributed by atoms with E-state index in [0.717, 1.165) is 32.6 Å². The molecule has 7 nitrogen and oxygen atoms in total. The fourth-order valence-corrected chi connectivity index (χ4v) is 4.23. The average Bonchev–Trinajstić information content (AvgIpc) is 3.06. The van der Waals surface area contributed by atoms with Crippen molar-refractivity contribution in [3.63, 3.8) is 0 Å². The zero-order chi connectivity index (χ0) is 18.4. The van der Waals surface area contributed by atoms with E-state index in [0.29, 0.717) is 32.0 Å². The first-order valence-electron chi connectivity index (χ1n) is 10.2. The van der Waals surface area contributed by atoms with Crippen LogP contribution in [0.4, 0.5) is 0 Å². The number of hydrogen-bond donors (Lipinski definition) is 0. The van der Waals surface area contributed by atoms with E-state index in [4.69, 9.17) is 4.74 Å². The van der Waals surface area contributed by atoms with Crippen molar-refractivity contribution < 1.29 is 14.3 Å². The number of hydrogen-bond acceptors (Lipinski definition) is 6. The van der Waals surface area contributed by atoms with Crippen LogP contribution in [0, 0.1) is 0 Å². The highest BCUT2D eigenvalue weighted by Gasteiger charge is 2.26. The van der Waals surface area contributed by atoms with E-state index in [2.05, 4.69) is 21.7 Å². The molecule has 1 amide bonds. The quantitative estimate of drug-likeness (QED) is 0.602. The molecule has 26 heavy (non-hydrogen) atoms. The van der Waals surface area contributed by atoms with Gasteiger partial charge in [0.2, 0.25) is 5.91 Å². The van der Waals surface area contributed by atoms with Crippen LogP contribution in [0.2, 0.25) is 0 Å². The standard InChI is InChI=1S/C19H34N4O3/c1-20-11-13-22(14-12-20)17-4-8-21(9-5-17)10-6-19(25)26-16-15-23-7-2-3-18(23)24/h17H,2-16H2,1H3. The maximum Gasteiger partial charge on any atom is 0.307 e. The summed E-state index contributed by atoms with van der Waals surface area (Å²) >= 11 is 0. The predicted octanol–water partition coefficient (Wildman–Crippen LogP) is 0.254. The minimum atomic E-state index is -0.141. The Balaban J connectivity index is 1.25. The molecule has 0 aromatic carbocycles. The van der Waals surface area contributed by atoms with Gasteiger partial charge in [0.1, 0.15) is 6.61 Å². The Morgan fingerprint density at radius 2 is 1.77 bits per heavy atom. The Morgan fingerprint density at radius 1 is 1.04 bits per heavy atom. The van der Waals surface area contributed by atoms with Crippen LogP contribution in [0.3, 0.4) is 0 Å². The van der Waals surface area contributed by atoms with E-state index in [9.17, 15) is 9.59 Å². The van der Waals surface area contributed by atoms with Crippen LogP contribution >= 0.6 is 0 Å². The van der Waals surface area contributed by atoms with E-state index in [1.54, 1.807) is 4.90 Å². The number of carbonyl (C=O) groups excluding carboxylic acids is 2. The van der Waals surface area contributed by atoms with Crippen molar-refractivity contribution in [3.05, 3.63) is 0 Å². The molecule has 3 saturated heterocycles. The number of nitrogens with zero attached hydrogens (tertiary/aromatic N) is 4. The lowest BCUT2D eigenvalue weighted by atomic mass is 10.0. The zero-order valence-corrected chi connectivity index (χ0v) is 16.2. The number of likely N-dealkylation sites (N-methyl/N-ethyl adjacent to an activating group) is 1. The Morgan fingerprint density at radius 3 is 2.42 bits per heavy atom. The fourth-order valence-electron chi connectivity index (χ4n) is 4.23. The fraction of sp³-hybridized carbons (Fsp3) is 0.895. The molecule has 0 saturated carbocycles. The molecule has 0 aromatic rings. The SMILES string of the molecule is CN1CCN(C2CCN(CCC(=O)OCCN3CCCC3=O)CC2)CC1. The number of piperazine rings is 1. The van der Waals surface area contributed by atoms with Crippen LogP contribution in [0.5, 0.6) is 0 Å². The third-order valence-electron chi connectivity index (χ3n) is 6.04. The average molecular weight is 367 g/mol. The van der Waals surface area contributed by atoms with Gasteiger partial charge in [-0.2, -0.15) is 0 Å². The smallest absolute Gasteiger partial charge is 0.307 e. The molecule has 0 spiro atoms. The normalized spacial score (nSPS) is 24.3. The van der Waals surface area contributed by atoms with Crippen LogP contribution in [-0.2, 0) is 14.3 Å². The third kappa shape index (κ3) is 5.66. The summed E-state index contributed by atoms with van der Waals surface area (Å²) in [6, 6.07) is 0.713. The van der Waals surface area contributed by atoms with Gasteiger partial charge in [0.15, 0.2) is 0 Å². The van der Waals surface area contributed by atoms with Gasteiger partial charge >= 0.3 is 5.97 Å². The van der Waals surface area contributed by atoms with Crippen molar-refractivity contribution in [2.45, 2.75) is 38.1 Å². The summed E-state index contributed by atoms with van der Waals surface area (Å²) in [6.07, 6.45) is 4.42. The summed E-state index contributed by atoms with van der Waals surface area (Å²) in [6.45, 7) is 9.34. The topological polar surface area (TPSA) is 56.3 Å². The van der Waals surface area contributed by atoms with Crippen LogP contribution in [0.25, 0.3) is 0 Å². The molecule has 3 aliphatic heterocycles.